The third kappa shape index (κ3) is 5.76. The van der Waals surface area contributed by atoms with Crippen LogP contribution in [0.25, 0.3) is 0 Å². The summed E-state index contributed by atoms with van der Waals surface area (Å²) in [5, 5.41) is 14.6. The Labute approximate surface area is 142 Å². The molecular formula is C16H28N4O4. The number of hydrogen-bond donors (Lipinski definition) is 3. The van der Waals surface area contributed by atoms with E-state index in [1.54, 1.807) is 4.90 Å². The van der Waals surface area contributed by atoms with Crippen molar-refractivity contribution in [2.24, 2.45) is 5.92 Å². The first-order chi connectivity index (χ1) is 11.6. The molecule has 2 saturated heterocycles. The van der Waals surface area contributed by atoms with E-state index in [1.165, 1.54) is 12.8 Å². The highest BCUT2D eigenvalue weighted by Gasteiger charge is 2.30. The summed E-state index contributed by atoms with van der Waals surface area (Å²) < 4.78 is 0. The minimum atomic E-state index is -0.507. The minimum absolute atomic E-state index is 0.0238. The number of carbonyl (C=O) groups is 3. The summed E-state index contributed by atoms with van der Waals surface area (Å²) in [6, 6.07) is -0.0782. The van der Waals surface area contributed by atoms with Crippen molar-refractivity contribution < 1.29 is 19.5 Å². The van der Waals surface area contributed by atoms with E-state index in [0.717, 1.165) is 26.1 Å². The van der Waals surface area contributed by atoms with Gasteiger partial charge in [-0.15, -0.1) is 0 Å². The number of hydrogen-bond acceptors (Lipinski definition) is 5. The van der Waals surface area contributed by atoms with Crippen LogP contribution in [0, 0.1) is 5.92 Å². The summed E-state index contributed by atoms with van der Waals surface area (Å²) in [7, 11) is 0. The summed E-state index contributed by atoms with van der Waals surface area (Å²) >= 11 is 0. The van der Waals surface area contributed by atoms with Crippen molar-refractivity contribution in [3.05, 3.63) is 0 Å². The topological polar surface area (TPSA) is 102 Å². The lowest BCUT2D eigenvalue weighted by molar-refractivity contribution is -0.123. The standard InChI is InChI=1S/C16H28N4O4/c21-12-14(22)3-7-18-15(23)11-20-10-9-19(16(20)24)8-4-13-1-5-17-6-2-13/h13,17,21H,1-12H2,(H,18,23). The van der Waals surface area contributed by atoms with E-state index < -0.39 is 6.61 Å². The van der Waals surface area contributed by atoms with Crippen LogP contribution in [0.3, 0.4) is 0 Å². The highest BCUT2D eigenvalue weighted by molar-refractivity contribution is 5.85. The van der Waals surface area contributed by atoms with Crippen LogP contribution < -0.4 is 10.6 Å². The summed E-state index contributed by atoms with van der Waals surface area (Å²) in [4.78, 5) is 38.5. The third-order valence-corrected chi connectivity index (χ3v) is 4.68. The second-order valence-electron chi connectivity index (χ2n) is 6.47. The van der Waals surface area contributed by atoms with Gasteiger partial charge in [0, 0.05) is 32.6 Å². The van der Waals surface area contributed by atoms with Crippen LogP contribution in [0.5, 0.6) is 0 Å². The maximum atomic E-state index is 12.3. The van der Waals surface area contributed by atoms with Crippen molar-refractivity contribution >= 4 is 17.7 Å². The molecule has 0 aromatic carbocycles. The molecule has 0 bridgehead atoms. The maximum absolute atomic E-state index is 12.3. The second-order valence-corrected chi connectivity index (χ2v) is 6.47. The van der Waals surface area contributed by atoms with Gasteiger partial charge in [-0.25, -0.2) is 4.79 Å². The molecule has 0 atom stereocenters. The smallest absolute Gasteiger partial charge is 0.320 e. The Hall–Kier alpha value is -1.67. The fourth-order valence-corrected chi connectivity index (χ4v) is 3.15. The van der Waals surface area contributed by atoms with Crippen molar-refractivity contribution in [1.29, 1.82) is 0 Å². The molecule has 0 radical (unpaired) electrons. The number of rotatable bonds is 9. The Balaban J connectivity index is 1.65. The quantitative estimate of drug-likeness (QED) is 0.509. The molecule has 2 heterocycles. The van der Waals surface area contributed by atoms with Gasteiger partial charge in [0.2, 0.25) is 5.91 Å². The first kappa shape index (κ1) is 18.7. The van der Waals surface area contributed by atoms with E-state index in [2.05, 4.69) is 10.6 Å². The molecular weight excluding hydrogens is 312 g/mol. The maximum Gasteiger partial charge on any atom is 0.320 e. The zero-order valence-electron chi connectivity index (χ0n) is 14.1. The molecule has 8 heteroatoms. The average molecular weight is 340 g/mol. The summed E-state index contributed by atoms with van der Waals surface area (Å²) in [5.74, 6) is 0.103. The first-order valence-corrected chi connectivity index (χ1v) is 8.74. The predicted molar refractivity (Wildman–Crippen MR) is 88.5 cm³/mol. The number of Topliss-reactive ketones (excluding diaryl/α,β-unsaturated/α-hetero) is 1. The summed E-state index contributed by atoms with van der Waals surface area (Å²) in [6.45, 7) is 3.82. The van der Waals surface area contributed by atoms with Crippen LogP contribution >= 0.6 is 0 Å². The Morgan fingerprint density at radius 2 is 1.92 bits per heavy atom. The fraction of sp³-hybridized carbons (Fsp3) is 0.812. The monoisotopic (exact) mass is 340 g/mol. The van der Waals surface area contributed by atoms with Gasteiger partial charge in [-0.1, -0.05) is 0 Å². The highest BCUT2D eigenvalue weighted by Crippen LogP contribution is 2.18. The number of ketones is 1. The zero-order chi connectivity index (χ0) is 17.4. The number of urea groups is 1. The van der Waals surface area contributed by atoms with E-state index in [0.29, 0.717) is 19.0 Å². The van der Waals surface area contributed by atoms with E-state index in [4.69, 9.17) is 5.11 Å². The molecule has 2 aliphatic heterocycles. The lowest BCUT2D eigenvalue weighted by Gasteiger charge is -2.25. The van der Waals surface area contributed by atoms with Gasteiger partial charge in [0.05, 0.1) is 0 Å². The van der Waals surface area contributed by atoms with Crippen LogP contribution in [0.4, 0.5) is 4.79 Å². The van der Waals surface area contributed by atoms with Gasteiger partial charge in [-0.3, -0.25) is 9.59 Å². The number of aliphatic hydroxyl groups excluding tert-OH is 1. The normalized spacial score (nSPS) is 19.0. The van der Waals surface area contributed by atoms with Crippen LogP contribution in [-0.2, 0) is 9.59 Å². The van der Waals surface area contributed by atoms with E-state index in [1.807, 2.05) is 4.90 Å². The van der Waals surface area contributed by atoms with E-state index in [-0.39, 0.29) is 37.2 Å². The van der Waals surface area contributed by atoms with E-state index >= 15 is 0 Å². The highest BCUT2D eigenvalue weighted by atomic mass is 16.3. The Morgan fingerprint density at radius 3 is 2.62 bits per heavy atom. The molecule has 0 aromatic rings. The minimum Gasteiger partial charge on any atom is -0.389 e. The van der Waals surface area contributed by atoms with Crippen LogP contribution in [0.1, 0.15) is 25.7 Å². The molecule has 24 heavy (non-hydrogen) atoms. The van der Waals surface area contributed by atoms with Gasteiger partial charge in [0.25, 0.3) is 0 Å². The number of piperidine rings is 1. The van der Waals surface area contributed by atoms with Crippen molar-refractivity contribution in [1.82, 2.24) is 20.4 Å². The number of nitrogens with one attached hydrogen (secondary N) is 2. The van der Waals surface area contributed by atoms with E-state index in [9.17, 15) is 14.4 Å². The Kier molecular flexibility index (Phi) is 7.45. The molecule has 0 aromatic heterocycles. The van der Waals surface area contributed by atoms with Gasteiger partial charge in [0.15, 0.2) is 5.78 Å². The summed E-state index contributed by atoms with van der Waals surface area (Å²) in [5.41, 5.74) is 0. The lowest BCUT2D eigenvalue weighted by atomic mass is 9.94. The molecule has 0 spiro atoms. The number of aliphatic hydroxyl groups is 1. The van der Waals surface area contributed by atoms with Crippen molar-refractivity contribution in [3.63, 3.8) is 0 Å². The van der Waals surface area contributed by atoms with Crippen LogP contribution in [0.2, 0.25) is 0 Å². The third-order valence-electron chi connectivity index (χ3n) is 4.68. The van der Waals surface area contributed by atoms with Crippen molar-refractivity contribution in [2.75, 3.05) is 52.4 Å². The molecule has 3 amide bonds. The number of amides is 3. The molecule has 2 rings (SSSR count). The lowest BCUT2D eigenvalue weighted by Crippen LogP contribution is -2.41. The Morgan fingerprint density at radius 1 is 1.21 bits per heavy atom. The molecule has 8 nitrogen and oxygen atoms in total. The van der Waals surface area contributed by atoms with Gasteiger partial charge >= 0.3 is 6.03 Å². The molecule has 0 aliphatic carbocycles. The van der Waals surface area contributed by atoms with Gasteiger partial charge in [-0.2, -0.15) is 0 Å². The second kappa shape index (κ2) is 9.58. The fourth-order valence-electron chi connectivity index (χ4n) is 3.15. The van der Waals surface area contributed by atoms with Crippen LogP contribution in [-0.4, -0.2) is 85.0 Å². The predicted octanol–water partition coefficient (Wildman–Crippen LogP) is -0.819. The van der Waals surface area contributed by atoms with Crippen LogP contribution in [0.15, 0.2) is 0 Å². The molecule has 0 saturated carbocycles. The summed E-state index contributed by atoms with van der Waals surface area (Å²) in [6.07, 6.45) is 3.47. The Bertz CT molecular complexity index is 451. The molecule has 2 aliphatic rings. The van der Waals surface area contributed by atoms with Gasteiger partial charge in [-0.05, 0) is 38.3 Å². The number of nitrogens with zero attached hydrogens (tertiary/aromatic N) is 2. The molecule has 136 valence electrons. The first-order valence-electron chi connectivity index (χ1n) is 8.74. The van der Waals surface area contributed by atoms with Gasteiger partial charge < -0.3 is 25.5 Å². The molecule has 3 N–H and O–H groups in total. The largest absolute Gasteiger partial charge is 0.389 e. The molecule has 2 fully saturated rings. The van der Waals surface area contributed by atoms with Gasteiger partial charge in [0.1, 0.15) is 13.2 Å². The zero-order valence-corrected chi connectivity index (χ0v) is 14.1. The number of carbonyl (C=O) groups excluding carboxylic acids is 3. The molecule has 0 unspecified atom stereocenters. The van der Waals surface area contributed by atoms with Crippen molar-refractivity contribution in [3.8, 4) is 0 Å². The average Bonchev–Trinajstić information content (AvgIpc) is 2.94. The SMILES string of the molecule is O=C(CO)CCNC(=O)CN1CCN(CCC2CCNCC2)C1=O. The van der Waals surface area contributed by atoms with Crippen molar-refractivity contribution in [2.45, 2.75) is 25.7 Å².